The van der Waals surface area contributed by atoms with Crippen molar-refractivity contribution < 1.29 is 4.74 Å². The Bertz CT molecular complexity index is 349. The van der Waals surface area contributed by atoms with E-state index in [9.17, 15) is 0 Å². The lowest BCUT2D eigenvalue weighted by molar-refractivity contribution is 0.286. The second-order valence-corrected chi connectivity index (χ2v) is 3.94. The van der Waals surface area contributed by atoms with E-state index in [1.807, 2.05) is 37.3 Å². The molecule has 0 spiro atoms. The first-order valence-electron chi connectivity index (χ1n) is 4.93. The molecule has 1 aromatic rings. The van der Waals surface area contributed by atoms with Gasteiger partial charge in [0.05, 0.1) is 12.7 Å². The van der Waals surface area contributed by atoms with Crippen LogP contribution >= 0.6 is 0 Å². The number of ether oxygens (including phenoxy) is 1. The van der Waals surface area contributed by atoms with Gasteiger partial charge in [-0.15, -0.1) is 0 Å². The number of rotatable bonds is 4. The van der Waals surface area contributed by atoms with Crippen molar-refractivity contribution in [1.29, 1.82) is 5.26 Å². The molecule has 1 aromatic carbocycles. The van der Waals surface area contributed by atoms with E-state index >= 15 is 0 Å². The summed E-state index contributed by atoms with van der Waals surface area (Å²) in [6, 6.07) is 9.83. The fourth-order valence-corrected chi connectivity index (χ4v) is 1.07. The Balaban J connectivity index is 2.39. The lowest BCUT2D eigenvalue weighted by atomic mass is 10.0. The maximum Gasteiger partial charge on any atom is 0.119 e. The molecule has 1 unspecified atom stereocenters. The highest BCUT2D eigenvalue weighted by atomic mass is 16.5. The summed E-state index contributed by atoms with van der Waals surface area (Å²) >= 11 is 0. The van der Waals surface area contributed by atoms with Crippen LogP contribution in [0.4, 0.5) is 0 Å². The van der Waals surface area contributed by atoms with Crippen LogP contribution in [-0.4, -0.2) is 12.1 Å². The molecule has 0 saturated heterocycles. The minimum atomic E-state index is -0.801. The van der Waals surface area contributed by atoms with E-state index in [-0.39, 0.29) is 0 Å². The van der Waals surface area contributed by atoms with Crippen LogP contribution in [0.15, 0.2) is 24.3 Å². The van der Waals surface area contributed by atoms with E-state index in [1.165, 1.54) is 5.56 Å². The molecule has 0 aromatic heterocycles. The molecule has 0 aliphatic heterocycles. The zero-order valence-corrected chi connectivity index (χ0v) is 9.16. The minimum Gasteiger partial charge on any atom is -0.493 e. The third kappa shape index (κ3) is 4.01. The molecule has 1 atom stereocenters. The first kappa shape index (κ1) is 11.5. The van der Waals surface area contributed by atoms with Gasteiger partial charge in [-0.25, -0.2) is 0 Å². The van der Waals surface area contributed by atoms with Crippen molar-refractivity contribution in [2.24, 2.45) is 5.73 Å². The van der Waals surface area contributed by atoms with E-state index in [2.05, 4.69) is 0 Å². The molecule has 0 heterocycles. The molecule has 0 amide bonds. The Kier molecular flexibility index (Phi) is 3.70. The standard InChI is InChI=1S/C12H16N2O/c1-10-3-5-11(6-4-10)15-8-7-12(2,14)9-13/h3-6H,7-8,14H2,1-2H3. The monoisotopic (exact) mass is 204 g/mol. The number of benzene rings is 1. The van der Waals surface area contributed by atoms with Gasteiger partial charge in [-0.3, -0.25) is 0 Å². The van der Waals surface area contributed by atoms with Gasteiger partial charge in [-0.2, -0.15) is 5.26 Å². The Labute approximate surface area is 90.5 Å². The molecular formula is C12H16N2O. The Morgan fingerprint density at radius 3 is 2.53 bits per heavy atom. The molecule has 0 aliphatic rings. The maximum absolute atomic E-state index is 8.70. The zero-order chi connectivity index (χ0) is 11.3. The first-order valence-corrected chi connectivity index (χ1v) is 4.93. The Morgan fingerprint density at radius 2 is 2.00 bits per heavy atom. The third-order valence-corrected chi connectivity index (χ3v) is 2.17. The number of hydrogen-bond acceptors (Lipinski definition) is 3. The number of hydrogen-bond donors (Lipinski definition) is 1. The highest BCUT2D eigenvalue weighted by Gasteiger charge is 2.16. The molecule has 15 heavy (non-hydrogen) atoms. The molecule has 1 rings (SSSR count). The van der Waals surface area contributed by atoms with E-state index in [1.54, 1.807) is 6.92 Å². The van der Waals surface area contributed by atoms with E-state index in [4.69, 9.17) is 15.7 Å². The van der Waals surface area contributed by atoms with Crippen LogP contribution in [0.25, 0.3) is 0 Å². The lowest BCUT2D eigenvalue weighted by Crippen LogP contribution is -2.35. The molecule has 3 nitrogen and oxygen atoms in total. The van der Waals surface area contributed by atoms with Crippen LogP contribution in [0.3, 0.4) is 0 Å². The summed E-state index contributed by atoms with van der Waals surface area (Å²) in [6.45, 7) is 4.19. The highest BCUT2D eigenvalue weighted by molar-refractivity contribution is 5.26. The van der Waals surface area contributed by atoms with E-state index in [0.29, 0.717) is 13.0 Å². The quantitative estimate of drug-likeness (QED) is 0.816. The van der Waals surface area contributed by atoms with Gasteiger partial charge in [0.2, 0.25) is 0 Å². The van der Waals surface area contributed by atoms with Crippen molar-refractivity contribution in [3.63, 3.8) is 0 Å². The average Bonchev–Trinajstić information content (AvgIpc) is 2.21. The van der Waals surface area contributed by atoms with Crippen LogP contribution in [0.1, 0.15) is 18.9 Å². The number of nitrogens with two attached hydrogens (primary N) is 1. The van der Waals surface area contributed by atoms with Crippen LogP contribution in [0.2, 0.25) is 0 Å². The van der Waals surface area contributed by atoms with Crippen molar-refractivity contribution in [3.05, 3.63) is 29.8 Å². The fourth-order valence-electron chi connectivity index (χ4n) is 1.07. The summed E-state index contributed by atoms with van der Waals surface area (Å²) in [7, 11) is 0. The summed E-state index contributed by atoms with van der Waals surface area (Å²) < 4.78 is 5.47. The van der Waals surface area contributed by atoms with Gasteiger partial charge in [0.1, 0.15) is 11.3 Å². The normalized spacial score (nSPS) is 14.0. The third-order valence-electron chi connectivity index (χ3n) is 2.17. The SMILES string of the molecule is Cc1ccc(OCCC(C)(N)C#N)cc1. The fraction of sp³-hybridized carbons (Fsp3) is 0.417. The smallest absolute Gasteiger partial charge is 0.119 e. The van der Waals surface area contributed by atoms with E-state index in [0.717, 1.165) is 5.75 Å². The molecule has 80 valence electrons. The van der Waals surface area contributed by atoms with Crippen LogP contribution in [0.5, 0.6) is 5.75 Å². The predicted molar refractivity (Wildman–Crippen MR) is 59.5 cm³/mol. The molecule has 3 heteroatoms. The molecule has 0 bridgehead atoms. The van der Waals surface area contributed by atoms with Gasteiger partial charge in [-0.05, 0) is 26.0 Å². The van der Waals surface area contributed by atoms with Gasteiger partial charge in [0.15, 0.2) is 0 Å². The van der Waals surface area contributed by atoms with Crippen molar-refractivity contribution >= 4 is 0 Å². The number of nitriles is 1. The van der Waals surface area contributed by atoms with Crippen molar-refractivity contribution in [1.82, 2.24) is 0 Å². The van der Waals surface area contributed by atoms with Crippen LogP contribution < -0.4 is 10.5 Å². The summed E-state index contributed by atoms with van der Waals surface area (Å²) in [6.07, 6.45) is 0.525. The van der Waals surface area contributed by atoms with E-state index < -0.39 is 5.54 Å². The summed E-state index contributed by atoms with van der Waals surface area (Å²) in [5.41, 5.74) is 6.06. The minimum absolute atomic E-state index is 0.462. The molecule has 0 aliphatic carbocycles. The van der Waals surface area contributed by atoms with Crippen LogP contribution in [0, 0.1) is 18.3 Å². The molecule has 0 saturated carbocycles. The van der Waals surface area contributed by atoms with Gasteiger partial charge in [0.25, 0.3) is 0 Å². The van der Waals surface area contributed by atoms with Gasteiger partial charge in [-0.1, -0.05) is 17.7 Å². The summed E-state index contributed by atoms with van der Waals surface area (Å²) in [5.74, 6) is 0.814. The first-order chi connectivity index (χ1) is 7.03. The van der Waals surface area contributed by atoms with Crippen molar-refractivity contribution in [2.75, 3.05) is 6.61 Å². The molecule has 0 radical (unpaired) electrons. The second kappa shape index (κ2) is 4.81. The number of nitrogens with zero attached hydrogens (tertiary/aromatic N) is 1. The maximum atomic E-state index is 8.70. The number of aryl methyl sites for hydroxylation is 1. The lowest BCUT2D eigenvalue weighted by Gasteiger charge is -2.15. The van der Waals surface area contributed by atoms with Crippen molar-refractivity contribution in [3.8, 4) is 11.8 Å². The molecular weight excluding hydrogens is 188 g/mol. The second-order valence-electron chi connectivity index (χ2n) is 3.94. The topological polar surface area (TPSA) is 59.0 Å². The Morgan fingerprint density at radius 1 is 1.40 bits per heavy atom. The molecule has 2 N–H and O–H groups in total. The average molecular weight is 204 g/mol. The predicted octanol–water partition coefficient (Wildman–Crippen LogP) is 2.00. The van der Waals surface area contributed by atoms with Crippen LogP contribution in [-0.2, 0) is 0 Å². The molecule has 0 fully saturated rings. The summed E-state index contributed by atoms with van der Waals surface area (Å²) in [4.78, 5) is 0. The highest BCUT2D eigenvalue weighted by Crippen LogP contribution is 2.13. The van der Waals surface area contributed by atoms with Gasteiger partial charge < -0.3 is 10.5 Å². The summed E-state index contributed by atoms with van der Waals surface area (Å²) in [5, 5.41) is 8.70. The van der Waals surface area contributed by atoms with Crippen molar-refractivity contribution in [2.45, 2.75) is 25.8 Å². The van der Waals surface area contributed by atoms with Gasteiger partial charge >= 0.3 is 0 Å². The largest absolute Gasteiger partial charge is 0.493 e. The Hall–Kier alpha value is -1.53. The van der Waals surface area contributed by atoms with Gasteiger partial charge in [0, 0.05) is 6.42 Å². The zero-order valence-electron chi connectivity index (χ0n) is 9.16.